The highest BCUT2D eigenvalue weighted by Gasteiger charge is 2.14. The molecule has 1 aromatic heterocycles. The average Bonchev–Trinajstić information content (AvgIpc) is 2.51. The summed E-state index contributed by atoms with van der Waals surface area (Å²) in [5.74, 6) is -0.242. The van der Waals surface area contributed by atoms with Gasteiger partial charge in [0.1, 0.15) is 5.69 Å². The van der Waals surface area contributed by atoms with Gasteiger partial charge in [0.05, 0.1) is 0 Å². The zero-order valence-corrected chi connectivity index (χ0v) is 12.3. The molecule has 0 aliphatic rings. The van der Waals surface area contributed by atoms with E-state index in [1.54, 1.807) is 22.8 Å². The van der Waals surface area contributed by atoms with Crippen LogP contribution in [-0.2, 0) is 6.54 Å². The molecule has 0 radical (unpaired) electrons. The first-order valence-corrected chi connectivity index (χ1v) is 7.20. The summed E-state index contributed by atoms with van der Waals surface area (Å²) in [6.07, 6.45) is 3.44. The van der Waals surface area contributed by atoms with Gasteiger partial charge in [-0.15, -0.1) is 6.58 Å². The molecule has 0 bridgehead atoms. The van der Waals surface area contributed by atoms with E-state index in [9.17, 15) is 9.59 Å². The Hall–Kier alpha value is -2.36. The molecular formula is C17H20N2O2. The smallest absolute Gasteiger partial charge is 0.268 e. The molecule has 2 rings (SSSR count). The minimum atomic E-state index is -0.242. The molecule has 0 fully saturated rings. The average molecular weight is 284 g/mol. The summed E-state index contributed by atoms with van der Waals surface area (Å²) >= 11 is 0. The highest BCUT2D eigenvalue weighted by molar-refractivity contribution is 5.96. The highest BCUT2D eigenvalue weighted by atomic mass is 16.2. The Morgan fingerprint density at radius 3 is 2.86 bits per heavy atom. The maximum absolute atomic E-state index is 12.6. The molecule has 0 aliphatic heterocycles. The standard InChI is InChI=1S/C17H20N2O2/c1-3-5-11-19-15(16(20)18-10-4-2)12-13-8-6-7-9-14(13)17(19)21/h4,6-9,12H,2-3,5,10-11H2,1H3,(H,18,20). The van der Waals surface area contributed by atoms with Crippen LogP contribution < -0.4 is 10.9 Å². The van der Waals surface area contributed by atoms with E-state index in [2.05, 4.69) is 18.8 Å². The van der Waals surface area contributed by atoms with Gasteiger partial charge in [-0.2, -0.15) is 0 Å². The molecule has 0 saturated carbocycles. The van der Waals surface area contributed by atoms with Crippen LogP contribution in [0.4, 0.5) is 0 Å². The van der Waals surface area contributed by atoms with Gasteiger partial charge in [0.15, 0.2) is 0 Å². The summed E-state index contributed by atoms with van der Waals surface area (Å²) in [4.78, 5) is 24.9. The largest absolute Gasteiger partial charge is 0.347 e. The van der Waals surface area contributed by atoms with Crippen molar-refractivity contribution < 1.29 is 4.79 Å². The number of hydrogen-bond donors (Lipinski definition) is 1. The monoisotopic (exact) mass is 284 g/mol. The number of aromatic nitrogens is 1. The summed E-state index contributed by atoms with van der Waals surface area (Å²) < 4.78 is 1.57. The number of carbonyl (C=O) groups is 1. The first-order valence-electron chi connectivity index (χ1n) is 7.20. The van der Waals surface area contributed by atoms with Crippen molar-refractivity contribution in [3.63, 3.8) is 0 Å². The van der Waals surface area contributed by atoms with Crippen molar-refractivity contribution in [2.45, 2.75) is 26.3 Å². The van der Waals surface area contributed by atoms with Gasteiger partial charge in [-0.1, -0.05) is 37.6 Å². The predicted octanol–water partition coefficient (Wildman–Crippen LogP) is 2.72. The van der Waals surface area contributed by atoms with E-state index in [1.807, 2.05) is 18.2 Å². The van der Waals surface area contributed by atoms with Crippen LogP contribution in [0.5, 0.6) is 0 Å². The molecule has 110 valence electrons. The van der Waals surface area contributed by atoms with Crippen molar-refractivity contribution in [2.75, 3.05) is 6.54 Å². The molecule has 0 aliphatic carbocycles. The van der Waals surface area contributed by atoms with Gasteiger partial charge >= 0.3 is 0 Å². The molecule has 21 heavy (non-hydrogen) atoms. The van der Waals surface area contributed by atoms with Gasteiger partial charge in [-0.3, -0.25) is 9.59 Å². The Labute approximate surface area is 124 Å². The number of pyridine rings is 1. The fourth-order valence-electron chi connectivity index (χ4n) is 2.28. The third-order valence-corrected chi connectivity index (χ3v) is 3.39. The predicted molar refractivity (Wildman–Crippen MR) is 85.6 cm³/mol. The Morgan fingerprint density at radius 2 is 2.14 bits per heavy atom. The molecule has 1 aromatic carbocycles. The lowest BCUT2D eigenvalue weighted by atomic mass is 10.1. The van der Waals surface area contributed by atoms with Crippen molar-refractivity contribution in [3.05, 3.63) is 59.0 Å². The Morgan fingerprint density at radius 1 is 1.38 bits per heavy atom. The Kier molecular flexibility index (Phi) is 4.93. The highest BCUT2D eigenvalue weighted by Crippen LogP contribution is 2.13. The van der Waals surface area contributed by atoms with E-state index in [1.165, 1.54) is 0 Å². The second-order valence-corrected chi connectivity index (χ2v) is 4.93. The Balaban J connectivity index is 2.57. The van der Waals surface area contributed by atoms with Crippen LogP contribution in [0.2, 0.25) is 0 Å². The minimum Gasteiger partial charge on any atom is -0.347 e. The van der Waals surface area contributed by atoms with Gasteiger partial charge in [0.25, 0.3) is 11.5 Å². The van der Waals surface area contributed by atoms with Gasteiger partial charge in [0, 0.05) is 18.5 Å². The maximum atomic E-state index is 12.6. The van der Waals surface area contributed by atoms with Crippen LogP contribution in [0.1, 0.15) is 30.3 Å². The van der Waals surface area contributed by atoms with Crippen LogP contribution in [0.3, 0.4) is 0 Å². The summed E-state index contributed by atoms with van der Waals surface area (Å²) in [5.41, 5.74) is 0.305. The number of carbonyl (C=O) groups excluding carboxylic acids is 1. The van der Waals surface area contributed by atoms with E-state index >= 15 is 0 Å². The lowest BCUT2D eigenvalue weighted by Gasteiger charge is -2.13. The van der Waals surface area contributed by atoms with Crippen LogP contribution in [-0.4, -0.2) is 17.0 Å². The lowest BCUT2D eigenvalue weighted by molar-refractivity contribution is 0.0947. The van der Waals surface area contributed by atoms with Crippen LogP contribution in [0.25, 0.3) is 10.8 Å². The third kappa shape index (κ3) is 3.21. The molecule has 0 unspecified atom stereocenters. The number of fused-ring (bicyclic) bond motifs is 1. The fourth-order valence-corrected chi connectivity index (χ4v) is 2.28. The summed E-state index contributed by atoms with van der Waals surface area (Å²) in [5, 5.41) is 4.18. The lowest BCUT2D eigenvalue weighted by Crippen LogP contribution is -2.32. The van der Waals surface area contributed by atoms with Crippen molar-refractivity contribution in [2.24, 2.45) is 0 Å². The van der Waals surface area contributed by atoms with E-state index in [4.69, 9.17) is 0 Å². The molecule has 2 aromatic rings. The molecule has 0 spiro atoms. The number of hydrogen-bond acceptors (Lipinski definition) is 2. The normalized spacial score (nSPS) is 10.5. The van der Waals surface area contributed by atoms with Crippen LogP contribution in [0.15, 0.2) is 47.8 Å². The second-order valence-electron chi connectivity index (χ2n) is 4.93. The second kappa shape index (κ2) is 6.88. The summed E-state index contributed by atoms with van der Waals surface area (Å²) in [6.45, 7) is 6.58. The zero-order valence-electron chi connectivity index (χ0n) is 12.3. The number of nitrogens with zero attached hydrogens (tertiary/aromatic N) is 1. The third-order valence-electron chi connectivity index (χ3n) is 3.39. The number of unbranched alkanes of at least 4 members (excludes halogenated alkanes) is 1. The first kappa shape index (κ1) is 15.0. The number of benzene rings is 1. The van der Waals surface area contributed by atoms with Gasteiger partial charge in [-0.25, -0.2) is 0 Å². The molecule has 1 N–H and O–H groups in total. The molecule has 4 nitrogen and oxygen atoms in total. The first-order chi connectivity index (χ1) is 10.2. The van der Waals surface area contributed by atoms with E-state index in [0.717, 1.165) is 18.2 Å². The van der Waals surface area contributed by atoms with Gasteiger partial charge < -0.3 is 9.88 Å². The number of nitrogens with one attached hydrogen (secondary N) is 1. The van der Waals surface area contributed by atoms with Crippen molar-refractivity contribution >= 4 is 16.7 Å². The maximum Gasteiger partial charge on any atom is 0.268 e. The fraction of sp³-hybridized carbons (Fsp3) is 0.294. The van der Waals surface area contributed by atoms with E-state index in [0.29, 0.717) is 24.2 Å². The van der Waals surface area contributed by atoms with Crippen molar-refractivity contribution in [1.29, 1.82) is 0 Å². The van der Waals surface area contributed by atoms with Crippen molar-refractivity contribution in [3.8, 4) is 0 Å². The number of amides is 1. The van der Waals surface area contributed by atoms with Crippen LogP contribution >= 0.6 is 0 Å². The Bertz CT molecular complexity index is 716. The number of rotatable bonds is 6. The zero-order chi connectivity index (χ0) is 15.2. The molecule has 1 heterocycles. The molecule has 0 saturated heterocycles. The molecule has 0 atom stereocenters. The quantitative estimate of drug-likeness (QED) is 0.829. The van der Waals surface area contributed by atoms with Gasteiger partial charge in [-0.05, 0) is 23.9 Å². The van der Waals surface area contributed by atoms with E-state index in [-0.39, 0.29) is 11.5 Å². The van der Waals surface area contributed by atoms with E-state index < -0.39 is 0 Å². The topological polar surface area (TPSA) is 51.1 Å². The molecule has 4 heteroatoms. The van der Waals surface area contributed by atoms with Gasteiger partial charge in [0.2, 0.25) is 0 Å². The molecular weight excluding hydrogens is 264 g/mol. The summed E-state index contributed by atoms with van der Waals surface area (Å²) in [7, 11) is 0. The van der Waals surface area contributed by atoms with Crippen molar-refractivity contribution in [1.82, 2.24) is 9.88 Å². The van der Waals surface area contributed by atoms with Crippen LogP contribution in [0, 0.1) is 0 Å². The molecule has 1 amide bonds. The SMILES string of the molecule is C=CCNC(=O)c1cc2ccccc2c(=O)n1CCCC. The minimum absolute atomic E-state index is 0.106. The summed E-state index contributed by atoms with van der Waals surface area (Å²) in [6, 6.07) is 9.14.